The molecule has 0 atom stereocenters. The largest absolute Gasteiger partial charge is 0.383 e. The second kappa shape index (κ2) is 4.65. The molecular formula is C11H12N4O2. The highest BCUT2D eigenvalue weighted by Crippen LogP contribution is 2.25. The van der Waals surface area contributed by atoms with Crippen LogP contribution in [0.15, 0.2) is 36.7 Å². The van der Waals surface area contributed by atoms with Gasteiger partial charge in [-0.2, -0.15) is 5.10 Å². The molecule has 1 aromatic carbocycles. The van der Waals surface area contributed by atoms with E-state index < -0.39 is 4.92 Å². The molecule has 0 aliphatic rings. The number of benzene rings is 1. The van der Waals surface area contributed by atoms with Crippen molar-refractivity contribution in [3.63, 3.8) is 0 Å². The number of hydrogen-bond acceptors (Lipinski definition) is 4. The van der Waals surface area contributed by atoms with Crippen LogP contribution in [-0.2, 0) is 6.54 Å². The van der Waals surface area contributed by atoms with E-state index in [2.05, 4.69) is 10.4 Å². The highest BCUT2D eigenvalue weighted by atomic mass is 16.6. The summed E-state index contributed by atoms with van der Waals surface area (Å²) in [5.41, 5.74) is 1.56. The van der Waals surface area contributed by atoms with E-state index in [0.717, 1.165) is 5.56 Å². The Morgan fingerprint density at radius 3 is 2.94 bits per heavy atom. The second-order valence-corrected chi connectivity index (χ2v) is 3.56. The Morgan fingerprint density at radius 1 is 1.53 bits per heavy atom. The minimum Gasteiger partial charge on any atom is -0.383 e. The summed E-state index contributed by atoms with van der Waals surface area (Å²) in [5, 5.41) is 17.7. The predicted molar refractivity (Wildman–Crippen MR) is 64.0 cm³/mol. The van der Waals surface area contributed by atoms with Crippen LogP contribution in [0.2, 0.25) is 0 Å². The Morgan fingerprint density at radius 2 is 2.35 bits per heavy atom. The van der Waals surface area contributed by atoms with Gasteiger partial charge in [0.25, 0.3) is 5.69 Å². The van der Waals surface area contributed by atoms with Gasteiger partial charge in [-0.1, -0.05) is 6.07 Å². The SMILES string of the molecule is CNc1cc(Cn2cccn2)ccc1[N+](=O)[O-]. The van der Waals surface area contributed by atoms with Gasteiger partial charge in [0.2, 0.25) is 0 Å². The zero-order valence-corrected chi connectivity index (χ0v) is 9.33. The first-order valence-electron chi connectivity index (χ1n) is 5.13. The molecule has 0 bridgehead atoms. The van der Waals surface area contributed by atoms with Gasteiger partial charge in [0.1, 0.15) is 5.69 Å². The summed E-state index contributed by atoms with van der Waals surface area (Å²) in [6, 6.07) is 6.84. The minimum atomic E-state index is -0.399. The van der Waals surface area contributed by atoms with Crippen molar-refractivity contribution in [1.82, 2.24) is 9.78 Å². The number of nitro benzene ring substituents is 1. The maximum atomic E-state index is 10.8. The van der Waals surface area contributed by atoms with Gasteiger partial charge in [0.15, 0.2) is 0 Å². The number of hydrogen-bond donors (Lipinski definition) is 1. The standard InChI is InChI=1S/C11H12N4O2/c1-12-10-7-9(3-4-11(10)15(16)17)8-14-6-2-5-13-14/h2-7,12H,8H2,1H3. The van der Waals surface area contributed by atoms with Crippen LogP contribution in [0.4, 0.5) is 11.4 Å². The van der Waals surface area contributed by atoms with Crippen molar-refractivity contribution in [1.29, 1.82) is 0 Å². The minimum absolute atomic E-state index is 0.0803. The van der Waals surface area contributed by atoms with Crippen molar-refractivity contribution in [2.24, 2.45) is 0 Å². The lowest BCUT2D eigenvalue weighted by molar-refractivity contribution is -0.383. The third kappa shape index (κ3) is 2.41. The number of nitro groups is 1. The van der Waals surface area contributed by atoms with Gasteiger partial charge >= 0.3 is 0 Å². The van der Waals surface area contributed by atoms with Crippen molar-refractivity contribution in [2.75, 3.05) is 12.4 Å². The molecule has 0 radical (unpaired) electrons. The monoisotopic (exact) mass is 232 g/mol. The van der Waals surface area contributed by atoms with Gasteiger partial charge in [-0.05, 0) is 17.7 Å². The fraction of sp³-hybridized carbons (Fsp3) is 0.182. The van der Waals surface area contributed by atoms with Gasteiger partial charge in [0, 0.05) is 25.5 Å². The molecule has 17 heavy (non-hydrogen) atoms. The van der Waals surface area contributed by atoms with E-state index in [4.69, 9.17) is 0 Å². The molecule has 0 saturated heterocycles. The molecular weight excluding hydrogens is 220 g/mol. The zero-order valence-electron chi connectivity index (χ0n) is 9.33. The van der Waals surface area contributed by atoms with Gasteiger partial charge < -0.3 is 5.32 Å². The van der Waals surface area contributed by atoms with Crippen molar-refractivity contribution < 1.29 is 4.92 Å². The summed E-state index contributed by atoms with van der Waals surface area (Å²) in [6.07, 6.45) is 3.55. The lowest BCUT2D eigenvalue weighted by atomic mass is 10.1. The molecule has 1 N–H and O–H groups in total. The van der Waals surface area contributed by atoms with E-state index in [1.165, 1.54) is 6.07 Å². The number of nitrogens with one attached hydrogen (secondary N) is 1. The van der Waals surface area contributed by atoms with E-state index in [9.17, 15) is 10.1 Å². The summed E-state index contributed by atoms with van der Waals surface area (Å²) < 4.78 is 1.76. The zero-order chi connectivity index (χ0) is 12.3. The Labute approximate surface area is 98.0 Å². The average Bonchev–Trinajstić information content (AvgIpc) is 2.81. The lowest BCUT2D eigenvalue weighted by Gasteiger charge is -2.06. The van der Waals surface area contributed by atoms with Gasteiger partial charge in [-0.3, -0.25) is 14.8 Å². The molecule has 2 aromatic rings. The molecule has 0 aliphatic carbocycles. The first kappa shape index (κ1) is 11.1. The van der Waals surface area contributed by atoms with Crippen molar-refractivity contribution in [3.05, 3.63) is 52.3 Å². The van der Waals surface area contributed by atoms with Crippen molar-refractivity contribution in [3.8, 4) is 0 Å². The van der Waals surface area contributed by atoms with Crippen LogP contribution in [0, 0.1) is 10.1 Å². The topological polar surface area (TPSA) is 73.0 Å². The van der Waals surface area contributed by atoms with E-state index in [0.29, 0.717) is 12.2 Å². The van der Waals surface area contributed by atoms with Gasteiger partial charge in [0.05, 0.1) is 11.5 Å². The quantitative estimate of drug-likeness (QED) is 0.645. The normalized spacial score (nSPS) is 10.2. The summed E-state index contributed by atoms with van der Waals surface area (Å²) in [6.45, 7) is 0.597. The van der Waals surface area contributed by atoms with Crippen LogP contribution in [-0.4, -0.2) is 21.8 Å². The number of nitrogens with zero attached hydrogens (tertiary/aromatic N) is 3. The summed E-state index contributed by atoms with van der Waals surface area (Å²) in [4.78, 5) is 10.4. The maximum absolute atomic E-state index is 10.8. The van der Waals surface area contributed by atoms with Crippen molar-refractivity contribution >= 4 is 11.4 Å². The summed E-state index contributed by atoms with van der Waals surface area (Å²) >= 11 is 0. The van der Waals surface area contributed by atoms with E-state index in [1.807, 2.05) is 12.3 Å². The Bertz CT molecular complexity index is 522. The van der Waals surface area contributed by atoms with E-state index in [1.54, 1.807) is 30.1 Å². The van der Waals surface area contributed by atoms with E-state index in [-0.39, 0.29) is 5.69 Å². The molecule has 0 fully saturated rings. The molecule has 0 unspecified atom stereocenters. The second-order valence-electron chi connectivity index (χ2n) is 3.56. The third-order valence-electron chi connectivity index (χ3n) is 2.43. The van der Waals surface area contributed by atoms with Crippen molar-refractivity contribution in [2.45, 2.75) is 6.54 Å². The van der Waals surface area contributed by atoms with E-state index >= 15 is 0 Å². The number of aromatic nitrogens is 2. The fourth-order valence-electron chi connectivity index (χ4n) is 1.62. The van der Waals surface area contributed by atoms with Crippen LogP contribution in [0.25, 0.3) is 0 Å². The van der Waals surface area contributed by atoms with Crippen LogP contribution >= 0.6 is 0 Å². The smallest absolute Gasteiger partial charge is 0.292 e. The third-order valence-corrected chi connectivity index (χ3v) is 2.43. The molecule has 0 amide bonds. The molecule has 0 aliphatic heterocycles. The van der Waals surface area contributed by atoms with Crippen LogP contribution in [0.5, 0.6) is 0 Å². The molecule has 0 saturated carbocycles. The Balaban J connectivity index is 2.28. The number of anilines is 1. The molecule has 6 nitrogen and oxygen atoms in total. The lowest BCUT2D eigenvalue weighted by Crippen LogP contribution is -2.02. The average molecular weight is 232 g/mol. The van der Waals surface area contributed by atoms with Gasteiger partial charge in [-0.15, -0.1) is 0 Å². The first-order chi connectivity index (χ1) is 8.20. The molecule has 1 heterocycles. The molecule has 6 heteroatoms. The molecule has 2 rings (SSSR count). The predicted octanol–water partition coefficient (Wildman–Crippen LogP) is 1.88. The van der Waals surface area contributed by atoms with Crippen LogP contribution < -0.4 is 5.32 Å². The Kier molecular flexibility index (Phi) is 3.04. The molecule has 1 aromatic heterocycles. The Hall–Kier alpha value is -2.37. The molecule has 88 valence electrons. The fourth-order valence-corrected chi connectivity index (χ4v) is 1.62. The first-order valence-corrected chi connectivity index (χ1v) is 5.13. The van der Waals surface area contributed by atoms with Crippen LogP contribution in [0.1, 0.15) is 5.56 Å². The molecule has 0 spiro atoms. The number of rotatable bonds is 4. The maximum Gasteiger partial charge on any atom is 0.292 e. The highest BCUT2D eigenvalue weighted by molar-refractivity contribution is 5.62. The highest BCUT2D eigenvalue weighted by Gasteiger charge is 2.12. The summed E-state index contributed by atoms with van der Waals surface area (Å²) in [7, 11) is 1.67. The van der Waals surface area contributed by atoms with Gasteiger partial charge in [-0.25, -0.2) is 0 Å². The van der Waals surface area contributed by atoms with Crippen LogP contribution in [0.3, 0.4) is 0 Å². The summed E-state index contributed by atoms with van der Waals surface area (Å²) in [5.74, 6) is 0.